The maximum Gasteiger partial charge on any atom is 0.255 e. The van der Waals surface area contributed by atoms with Crippen LogP contribution in [0.5, 0.6) is 0 Å². The van der Waals surface area contributed by atoms with E-state index in [4.69, 9.17) is 0 Å². The van der Waals surface area contributed by atoms with Crippen LogP contribution in [0.1, 0.15) is 30.6 Å². The summed E-state index contributed by atoms with van der Waals surface area (Å²) in [5.74, 6) is -0.163. The van der Waals surface area contributed by atoms with Crippen molar-refractivity contribution in [1.29, 1.82) is 0 Å². The number of carbonyl (C=O) groups is 1. The van der Waals surface area contributed by atoms with Crippen molar-refractivity contribution in [3.05, 3.63) is 64.6 Å². The van der Waals surface area contributed by atoms with Crippen LogP contribution in [0.2, 0.25) is 0 Å². The van der Waals surface area contributed by atoms with Crippen molar-refractivity contribution in [2.45, 2.75) is 26.3 Å². The van der Waals surface area contributed by atoms with Gasteiger partial charge >= 0.3 is 0 Å². The Morgan fingerprint density at radius 1 is 1.20 bits per heavy atom. The lowest BCUT2D eigenvalue weighted by Gasteiger charge is -2.12. The summed E-state index contributed by atoms with van der Waals surface area (Å²) in [6.07, 6.45) is 2.44. The third-order valence-electron chi connectivity index (χ3n) is 3.20. The molecule has 4 nitrogen and oxygen atoms in total. The first-order chi connectivity index (χ1) is 9.61. The van der Waals surface area contributed by atoms with Crippen molar-refractivity contribution >= 4 is 5.91 Å². The summed E-state index contributed by atoms with van der Waals surface area (Å²) in [6, 6.07) is 12.3. The van der Waals surface area contributed by atoms with Crippen LogP contribution in [0.15, 0.2) is 53.5 Å². The first-order valence-electron chi connectivity index (χ1n) is 6.71. The topological polar surface area (TPSA) is 51.1 Å². The van der Waals surface area contributed by atoms with Gasteiger partial charge in [0.15, 0.2) is 0 Å². The van der Waals surface area contributed by atoms with E-state index in [9.17, 15) is 9.59 Å². The highest BCUT2D eigenvalue weighted by Crippen LogP contribution is 2.06. The number of benzene rings is 1. The average Bonchev–Trinajstić information content (AvgIpc) is 2.48. The monoisotopic (exact) mass is 270 g/mol. The molecular formula is C16H18N2O2. The zero-order chi connectivity index (χ0) is 14.5. The molecule has 1 atom stereocenters. The van der Waals surface area contributed by atoms with E-state index in [0.29, 0.717) is 5.56 Å². The quantitative estimate of drug-likeness (QED) is 0.927. The van der Waals surface area contributed by atoms with Crippen LogP contribution in [0, 0.1) is 0 Å². The molecule has 1 heterocycles. The molecule has 1 unspecified atom stereocenters. The lowest BCUT2D eigenvalue weighted by molar-refractivity contribution is 0.0938. The van der Waals surface area contributed by atoms with Crippen LogP contribution in [-0.4, -0.2) is 16.5 Å². The molecule has 0 fully saturated rings. The number of hydrogen-bond donors (Lipinski definition) is 1. The molecule has 0 aliphatic heterocycles. The maximum atomic E-state index is 12.1. The van der Waals surface area contributed by atoms with Crippen molar-refractivity contribution in [1.82, 2.24) is 9.88 Å². The largest absolute Gasteiger partial charge is 0.350 e. The van der Waals surface area contributed by atoms with Gasteiger partial charge in [0.2, 0.25) is 0 Å². The van der Waals surface area contributed by atoms with Gasteiger partial charge in [-0.2, -0.15) is 0 Å². The summed E-state index contributed by atoms with van der Waals surface area (Å²) in [7, 11) is 0. The van der Waals surface area contributed by atoms with Crippen molar-refractivity contribution in [3.8, 4) is 5.69 Å². The second-order valence-corrected chi connectivity index (χ2v) is 4.74. The molecule has 2 rings (SSSR count). The number of amides is 1. The Morgan fingerprint density at radius 2 is 1.90 bits per heavy atom. The molecule has 20 heavy (non-hydrogen) atoms. The van der Waals surface area contributed by atoms with Crippen molar-refractivity contribution in [3.63, 3.8) is 0 Å². The number of nitrogens with one attached hydrogen (secondary N) is 1. The first kappa shape index (κ1) is 14.1. The van der Waals surface area contributed by atoms with Crippen LogP contribution >= 0.6 is 0 Å². The van der Waals surface area contributed by atoms with Crippen molar-refractivity contribution < 1.29 is 4.79 Å². The van der Waals surface area contributed by atoms with Gasteiger partial charge in [-0.05, 0) is 31.5 Å². The highest BCUT2D eigenvalue weighted by Gasteiger charge is 2.10. The molecule has 0 aliphatic rings. The Balaban J connectivity index is 2.34. The molecule has 0 radical (unpaired) electrons. The third-order valence-corrected chi connectivity index (χ3v) is 3.20. The van der Waals surface area contributed by atoms with E-state index in [1.165, 1.54) is 10.6 Å². The van der Waals surface area contributed by atoms with Gasteiger partial charge in [-0.25, -0.2) is 0 Å². The molecule has 1 aromatic heterocycles. The fourth-order valence-electron chi connectivity index (χ4n) is 1.82. The molecule has 104 valence electrons. The summed E-state index contributed by atoms with van der Waals surface area (Å²) in [5, 5.41) is 2.89. The van der Waals surface area contributed by atoms with Gasteiger partial charge < -0.3 is 5.32 Å². The molecule has 0 bridgehead atoms. The van der Waals surface area contributed by atoms with Gasteiger partial charge in [-0.15, -0.1) is 0 Å². The fraction of sp³-hybridized carbons (Fsp3) is 0.250. The molecule has 4 heteroatoms. The van der Waals surface area contributed by atoms with Crippen LogP contribution in [0.4, 0.5) is 0 Å². The second kappa shape index (κ2) is 6.19. The minimum atomic E-state index is -0.163. The van der Waals surface area contributed by atoms with E-state index < -0.39 is 0 Å². The molecule has 0 saturated carbocycles. The number of aromatic nitrogens is 1. The number of hydrogen-bond acceptors (Lipinski definition) is 2. The Kier molecular flexibility index (Phi) is 4.35. The normalized spacial score (nSPS) is 11.9. The van der Waals surface area contributed by atoms with E-state index >= 15 is 0 Å². The average molecular weight is 270 g/mol. The fourth-order valence-corrected chi connectivity index (χ4v) is 1.82. The number of para-hydroxylation sites is 1. The van der Waals surface area contributed by atoms with Gasteiger partial charge in [0.1, 0.15) is 0 Å². The van der Waals surface area contributed by atoms with Crippen LogP contribution in [0.3, 0.4) is 0 Å². The Morgan fingerprint density at radius 3 is 2.55 bits per heavy atom. The van der Waals surface area contributed by atoms with Crippen LogP contribution in [-0.2, 0) is 0 Å². The lowest BCUT2D eigenvalue weighted by Crippen LogP contribution is -2.32. The highest BCUT2D eigenvalue weighted by atomic mass is 16.2. The molecule has 1 N–H and O–H groups in total. The van der Waals surface area contributed by atoms with E-state index in [1.807, 2.05) is 44.2 Å². The van der Waals surface area contributed by atoms with Crippen LogP contribution < -0.4 is 10.9 Å². The van der Waals surface area contributed by atoms with Crippen molar-refractivity contribution in [2.24, 2.45) is 0 Å². The number of rotatable bonds is 4. The second-order valence-electron chi connectivity index (χ2n) is 4.74. The molecule has 0 aliphatic carbocycles. The van der Waals surface area contributed by atoms with E-state index in [1.54, 1.807) is 12.3 Å². The van der Waals surface area contributed by atoms with Gasteiger partial charge in [0, 0.05) is 24.0 Å². The Bertz CT molecular complexity index is 647. The molecule has 0 spiro atoms. The third kappa shape index (κ3) is 3.15. The zero-order valence-corrected chi connectivity index (χ0v) is 11.7. The molecule has 2 aromatic rings. The summed E-state index contributed by atoms with van der Waals surface area (Å²) in [5.41, 5.74) is 1.07. The van der Waals surface area contributed by atoms with Gasteiger partial charge in [-0.1, -0.05) is 25.1 Å². The van der Waals surface area contributed by atoms with Gasteiger partial charge in [0.05, 0.1) is 5.56 Å². The SMILES string of the molecule is CCC(C)NC(=O)c1ccc(=O)n(-c2ccccc2)c1. The van der Waals surface area contributed by atoms with E-state index in [-0.39, 0.29) is 17.5 Å². The van der Waals surface area contributed by atoms with E-state index in [2.05, 4.69) is 5.32 Å². The molecule has 1 aromatic carbocycles. The van der Waals surface area contributed by atoms with E-state index in [0.717, 1.165) is 12.1 Å². The smallest absolute Gasteiger partial charge is 0.255 e. The van der Waals surface area contributed by atoms with Gasteiger partial charge in [-0.3, -0.25) is 14.2 Å². The summed E-state index contributed by atoms with van der Waals surface area (Å²) in [6.45, 7) is 3.96. The maximum absolute atomic E-state index is 12.1. The number of pyridine rings is 1. The summed E-state index contributed by atoms with van der Waals surface area (Å²) in [4.78, 5) is 24.0. The minimum absolute atomic E-state index is 0.111. The predicted octanol–water partition coefficient (Wildman–Crippen LogP) is 2.37. The summed E-state index contributed by atoms with van der Waals surface area (Å²) < 4.78 is 1.48. The zero-order valence-electron chi connectivity index (χ0n) is 11.7. The molecule has 1 amide bonds. The predicted molar refractivity (Wildman–Crippen MR) is 79.3 cm³/mol. The van der Waals surface area contributed by atoms with Crippen molar-refractivity contribution in [2.75, 3.05) is 0 Å². The van der Waals surface area contributed by atoms with Gasteiger partial charge in [0.25, 0.3) is 11.5 Å². The molecular weight excluding hydrogens is 252 g/mol. The Hall–Kier alpha value is -2.36. The standard InChI is InChI=1S/C16H18N2O2/c1-3-12(2)17-16(20)13-9-10-15(19)18(11-13)14-7-5-4-6-8-14/h4-12H,3H2,1-2H3,(H,17,20). The highest BCUT2D eigenvalue weighted by molar-refractivity contribution is 5.94. The molecule has 0 saturated heterocycles. The lowest BCUT2D eigenvalue weighted by atomic mass is 10.2. The number of carbonyl (C=O) groups excluding carboxylic acids is 1. The minimum Gasteiger partial charge on any atom is -0.350 e. The number of nitrogens with zero attached hydrogens (tertiary/aromatic N) is 1. The first-order valence-corrected chi connectivity index (χ1v) is 6.71. The Labute approximate surface area is 118 Å². The summed E-state index contributed by atoms with van der Waals surface area (Å²) >= 11 is 0. The van der Waals surface area contributed by atoms with Crippen LogP contribution in [0.25, 0.3) is 5.69 Å².